The summed E-state index contributed by atoms with van der Waals surface area (Å²) in [6, 6.07) is 0. The number of hydrogen-bond acceptors (Lipinski definition) is 2. The van der Waals surface area contributed by atoms with Crippen LogP contribution < -0.4 is 5.11 Å². The summed E-state index contributed by atoms with van der Waals surface area (Å²) in [4.78, 5) is 10.2. The average Bonchev–Trinajstić information content (AvgIpc) is 2.36. The Labute approximate surface area is 59.2 Å². The predicted octanol–water partition coefficient (Wildman–Crippen LogP) is 0.179. The van der Waals surface area contributed by atoms with Crippen molar-refractivity contribution in [3.63, 3.8) is 0 Å². The molecular weight excluding hydrogens is 128 g/mol. The zero-order valence-corrected chi connectivity index (χ0v) is 5.46. The van der Waals surface area contributed by atoms with Crippen molar-refractivity contribution in [3.8, 4) is 0 Å². The standard InChI is InChI=1S/C8H8O2/c1-6(8(9)10)7-4-2-3-5-7/h2-4H,1,5H2,(H,9,10)/p-1. The molecule has 10 heavy (non-hydrogen) atoms. The summed E-state index contributed by atoms with van der Waals surface area (Å²) in [5, 5.41) is 10.2. The van der Waals surface area contributed by atoms with E-state index in [0.717, 1.165) is 5.57 Å². The molecule has 1 aliphatic rings. The van der Waals surface area contributed by atoms with Gasteiger partial charge >= 0.3 is 0 Å². The van der Waals surface area contributed by atoms with E-state index in [-0.39, 0.29) is 5.57 Å². The molecule has 0 fully saturated rings. The van der Waals surface area contributed by atoms with E-state index >= 15 is 0 Å². The summed E-state index contributed by atoms with van der Waals surface area (Å²) in [6.07, 6.45) is 6.08. The fourth-order valence-corrected chi connectivity index (χ4v) is 0.802. The molecule has 52 valence electrons. The van der Waals surface area contributed by atoms with Crippen LogP contribution in [-0.4, -0.2) is 5.97 Å². The fourth-order valence-electron chi connectivity index (χ4n) is 0.802. The number of carboxylic acids is 1. The minimum atomic E-state index is -1.19. The molecule has 0 heterocycles. The zero-order chi connectivity index (χ0) is 7.56. The first-order valence-electron chi connectivity index (χ1n) is 2.98. The molecule has 0 N–H and O–H groups in total. The third-order valence-electron chi connectivity index (χ3n) is 1.41. The second-order valence-electron chi connectivity index (χ2n) is 2.09. The average molecular weight is 135 g/mol. The van der Waals surface area contributed by atoms with Crippen molar-refractivity contribution in [1.29, 1.82) is 0 Å². The van der Waals surface area contributed by atoms with Crippen molar-refractivity contribution in [2.24, 2.45) is 0 Å². The number of hydrogen-bond donors (Lipinski definition) is 0. The summed E-state index contributed by atoms with van der Waals surface area (Å²) in [6.45, 7) is 3.37. The normalized spacial score (nSPS) is 15.0. The van der Waals surface area contributed by atoms with Crippen molar-refractivity contribution >= 4 is 5.97 Å². The number of carbonyl (C=O) groups excluding carboxylic acids is 1. The number of rotatable bonds is 2. The van der Waals surface area contributed by atoms with Crippen LogP contribution in [0.4, 0.5) is 0 Å². The van der Waals surface area contributed by atoms with Gasteiger partial charge in [0, 0.05) is 0 Å². The number of allylic oxidation sites excluding steroid dienone is 3. The fraction of sp³-hybridized carbons (Fsp3) is 0.125. The van der Waals surface area contributed by atoms with Gasteiger partial charge in [0.1, 0.15) is 0 Å². The zero-order valence-electron chi connectivity index (χ0n) is 5.46. The molecule has 0 saturated carbocycles. The van der Waals surface area contributed by atoms with Gasteiger partial charge in [0.2, 0.25) is 0 Å². The minimum absolute atomic E-state index is 0.0880. The third kappa shape index (κ3) is 1.16. The van der Waals surface area contributed by atoms with Crippen LogP contribution >= 0.6 is 0 Å². The van der Waals surface area contributed by atoms with Crippen LogP contribution in [0.1, 0.15) is 6.42 Å². The highest BCUT2D eigenvalue weighted by molar-refractivity contribution is 5.89. The molecular formula is C8H7O2-. The maximum Gasteiger partial charge on any atom is 0.0712 e. The van der Waals surface area contributed by atoms with Crippen LogP contribution in [0.15, 0.2) is 36.0 Å². The van der Waals surface area contributed by atoms with E-state index in [1.165, 1.54) is 0 Å². The lowest BCUT2D eigenvalue weighted by molar-refractivity contribution is -0.298. The Hall–Kier alpha value is -1.31. The van der Waals surface area contributed by atoms with Crippen LogP contribution in [0.5, 0.6) is 0 Å². The first kappa shape index (κ1) is 6.81. The topological polar surface area (TPSA) is 40.1 Å². The highest BCUT2D eigenvalue weighted by Gasteiger charge is 2.03. The molecule has 0 aromatic carbocycles. The lowest BCUT2D eigenvalue weighted by Gasteiger charge is -2.05. The summed E-state index contributed by atoms with van der Waals surface area (Å²) < 4.78 is 0. The van der Waals surface area contributed by atoms with Crippen LogP contribution in [0.25, 0.3) is 0 Å². The molecule has 0 aromatic rings. The molecule has 0 amide bonds. The minimum Gasteiger partial charge on any atom is -0.545 e. The Kier molecular flexibility index (Phi) is 1.71. The number of carboxylic acid groups (broad SMARTS) is 1. The van der Waals surface area contributed by atoms with E-state index in [0.29, 0.717) is 6.42 Å². The largest absolute Gasteiger partial charge is 0.545 e. The molecule has 2 heteroatoms. The second-order valence-corrected chi connectivity index (χ2v) is 2.09. The molecule has 1 rings (SSSR count). The van der Waals surface area contributed by atoms with E-state index in [1.54, 1.807) is 6.08 Å². The van der Waals surface area contributed by atoms with Gasteiger partial charge in [0.25, 0.3) is 0 Å². The lowest BCUT2D eigenvalue weighted by atomic mass is 10.1. The Balaban J connectivity index is 2.68. The number of aliphatic carboxylic acids is 1. The first-order valence-corrected chi connectivity index (χ1v) is 2.98. The van der Waals surface area contributed by atoms with Gasteiger partial charge in [0.15, 0.2) is 0 Å². The molecule has 0 saturated heterocycles. The van der Waals surface area contributed by atoms with Crippen molar-refractivity contribution in [1.82, 2.24) is 0 Å². The maximum absolute atomic E-state index is 10.2. The molecule has 2 nitrogen and oxygen atoms in total. The van der Waals surface area contributed by atoms with E-state index in [4.69, 9.17) is 0 Å². The molecule has 0 aliphatic heterocycles. The van der Waals surface area contributed by atoms with Crippen LogP contribution in [-0.2, 0) is 4.79 Å². The van der Waals surface area contributed by atoms with Gasteiger partial charge in [-0.2, -0.15) is 0 Å². The van der Waals surface area contributed by atoms with Crippen molar-refractivity contribution in [2.75, 3.05) is 0 Å². The summed E-state index contributed by atoms with van der Waals surface area (Å²) >= 11 is 0. The highest BCUT2D eigenvalue weighted by Crippen LogP contribution is 2.17. The second kappa shape index (κ2) is 2.52. The molecule has 0 unspecified atom stereocenters. The smallest absolute Gasteiger partial charge is 0.0712 e. The van der Waals surface area contributed by atoms with Gasteiger partial charge in [0.05, 0.1) is 5.97 Å². The SMILES string of the molecule is C=C(C(=O)[O-])C1=CC=CC1. The van der Waals surface area contributed by atoms with Gasteiger partial charge in [-0.1, -0.05) is 24.8 Å². The maximum atomic E-state index is 10.2. The quantitative estimate of drug-likeness (QED) is 0.507. The monoisotopic (exact) mass is 135 g/mol. The Morgan fingerprint density at radius 3 is 2.80 bits per heavy atom. The summed E-state index contributed by atoms with van der Waals surface area (Å²) in [5.74, 6) is -1.19. The van der Waals surface area contributed by atoms with E-state index in [1.807, 2.05) is 12.2 Å². The molecule has 0 spiro atoms. The van der Waals surface area contributed by atoms with Gasteiger partial charge in [-0.05, 0) is 17.6 Å². The van der Waals surface area contributed by atoms with Crippen LogP contribution in [0.2, 0.25) is 0 Å². The Morgan fingerprint density at radius 1 is 1.70 bits per heavy atom. The first-order chi connectivity index (χ1) is 4.72. The van der Waals surface area contributed by atoms with Crippen molar-refractivity contribution in [2.45, 2.75) is 6.42 Å². The van der Waals surface area contributed by atoms with Crippen molar-refractivity contribution < 1.29 is 9.90 Å². The van der Waals surface area contributed by atoms with Crippen molar-refractivity contribution in [3.05, 3.63) is 36.0 Å². The lowest BCUT2D eigenvalue weighted by Crippen LogP contribution is -2.24. The molecule has 0 radical (unpaired) electrons. The van der Waals surface area contributed by atoms with Crippen LogP contribution in [0, 0.1) is 0 Å². The number of carbonyl (C=O) groups is 1. The highest BCUT2D eigenvalue weighted by atomic mass is 16.4. The predicted molar refractivity (Wildman–Crippen MR) is 36.0 cm³/mol. The summed E-state index contributed by atoms with van der Waals surface area (Å²) in [5.41, 5.74) is 0.824. The van der Waals surface area contributed by atoms with Gasteiger partial charge < -0.3 is 9.90 Å². The van der Waals surface area contributed by atoms with Crippen LogP contribution in [0.3, 0.4) is 0 Å². The van der Waals surface area contributed by atoms with E-state index in [2.05, 4.69) is 6.58 Å². The molecule has 0 aromatic heterocycles. The van der Waals surface area contributed by atoms with Gasteiger partial charge in [-0.3, -0.25) is 0 Å². The summed E-state index contributed by atoms with van der Waals surface area (Å²) in [7, 11) is 0. The van der Waals surface area contributed by atoms with Gasteiger partial charge in [-0.25, -0.2) is 0 Å². The third-order valence-corrected chi connectivity index (χ3v) is 1.41. The van der Waals surface area contributed by atoms with Gasteiger partial charge in [-0.15, -0.1) is 0 Å². The van der Waals surface area contributed by atoms with E-state index in [9.17, 15) is 9.90 Å². The Morgan fingerprint density at radius 2 is 2.40 bits per heavy atom. The molecule has 1 aliphatic carbocycles. The Bertz CT molecular complexity index is 234. The molecule has 0 atom stereocenters. The van der Waals surface area contributed by atoms with E-state index < -0.39 is 5.97 Å². The molecule has 0 bridgehead atoms.